The van der Waals surface area contributed by atoms with Gasteiger partial charge in [-0.3, -0.25) is 9.69 Å². The summed E-state index contributed by atoms with van der Waals surface area (Å²) in [5.74, 6) is 0.783. The number of aromatic amines is 1. The number of aryl methyl sites for hydroxylation is 4. The van der Waals surface area contributed by atoms with Crippen molar-refractivity contribution in [2.24, 2.45) is 0 Å². The summed E-state index contributed by atoms with van der Waals surface area (Å²) < 4.78 is 1.86. The number of fused-ring (bicyclic) bond motifs is 1. The number of pyridine rings is 1. The fourth-order valence-corrected chi connectivity index (χ4v) is 4.53. The van der Waals surface area contributed by atoms with Crippen LogP contribution < -0.4 is 5.56 Å². The number of nitrogens with one attached hydrogen (secondary N) is 1. The van der Waals surface area contributed by atoms with Gasteiger partial charge in [0.2, 0.25) is 0 Å². The van der Waals surface area contributed by atoms with Crippen LogP contribution in [0, 0.1) is 13.8 Å². The van der Waals surface area contributed by atoms with Gasteiger partial charge < -0.3 is 4.98 Å². The van der Waals surface area contributed by atoms with Gasteiger partial charge in [0.1, 0.15) is 0 Å². The largest absolute Gasteiger partial charge is 0.321 e. The van der Waals surface area contributed by atoms with Crippen LogP contribution in [0.2, 0.25) is 0 Å². The van der Waals surface area contributed by atoms with E-state index >= 15 is 0 Å². The maximum atomic E-state index is 13.1. The molecule has 0 aliphatic heterocycles. The van der Waals surface area contributed by atoms with Crippen molar-refractivity contribution in [3.05, 3.63) is 123 Å². The number of nitrogens with zero attached hydrogens (tertiary/aromatic N) is 5. The van der Waals surface area contributed by atoms with Gasteiger partial charge in [-0.2, -0.15) is 0 Å². The highest BCUT2D eigenvalue weighted by Gasteiger charge is 2.16. The molecule has 3 aromatic carbocycles. The standard InChI is InChI=1S/C29H30N6O/c1-21-13-14-25-17-26(29(36)30-28(25)22(21)2)19-34(18-24-11-7-4-8-12-24)20-27-31-32-33-35(27)16-15-23-9-5-3-6-10-23/h3-14,17H,15-16,18-20H2,1-2H3,(H,30,36). The van der Waals surface area contributed by atoms with Crippen LogP contribution in [0.5, 0.6) is 0 Å². The van der Waals surface area contributed by atoms with Crippen molar-refractivity contribution in [2.45, 2.75) is 46.4 Å². The van der Waals surface area contributed by atoms with Crippen LogP contribution in [-0.4, -0.2) is 30.1 Å². The molecule has 36 heavy (non-hydrogen) atoms. The third-order valence-electron chi connectivity index (χ3n) is 6.70. The molecule has 7 nitrogen and oxygen atoms in total. The zero-order chi connectivity index (χ0) is 24.9. The quantitative estimate of drug-likeness (QED) is 0.336. The Labute approximate surface area is 210 Å². The molecule has 0 unspecified atom stereocenters. The Morgan fingerprint density at radius 1 is 0.861 bits per heavy atom. The van der Waals surface area contributed by atoms with E-state index in [4.69, 9.17) is 0 Å². The molecule has 0 spiro atoms. The molecule has 0 amide bonds. The summed E-state index contributed by atoms with van der Waals surface area (Å²) in [6.07, 6.45) is 0.848. The molecule has 0 saturated carbocycles. The van der Waals surface area contributed by atoms with Gasteiger partial charge in [-0.15, -0.1) is 5.10 Å². The van der Waals surface area contributed by atoms with Crippen LogP contribution in [0.15, 0.2) is 83.7 Å². The van der Waals surface area contributed by atoms with Gasteiger partial charge >= 0.3 is 0 Å². The fraction of sp³-hybridized carbons (Fsp3) is 0.241. The van der Waals surface area contributed by atoms with Gasteiger partial charge in [-0.05, 0) is 64.4 Å². The Hall–Kier alpha value is -4.10. The van der Waals surface area contributed by atoms with Gasteiger partial charge in [0.25, 0.3) is 5.56 Å². The van der Waals surface area contributed by atoms with E-state index in [0.29, 0.717) is 26.2 Å². The molecule has 0 aliphatic carbocycles. The maximum Gasteiger partial charge on any atom is 0.252 e. The van der Waals surface area contributed by atoms with Gasteiger partial charge in [-0.25, -0.2) is 4.68 Å². The summed E-state index contributed by atoms with van der Waals surface area (Å²) in [6, 6.07) is 26.8. The number of rotatable bonds is 9. The molecule has 1 N–H and O–H groups in total. The third kappa shape index (κ3) is 5.42. The Morgan fingerprint density at radius 2 is 1.58 bits per heavy atom. The molecule has 5 rings (SSSR count). The zero-order valence-corrected chi connectivity index (χ0v) is 20.7. The first-order valence-corrected chi connectivity index (χ1v) is 12.2. The van der Waals surface area contributed by atoms with Crippen LogP contribution in [0.4, 0.5) is 0 Å². The van der Waals surface area contributed by atoms with Crippen LogP contribution in [0.3, 0.4) is 0 Å². The van der Waals surface area contributed by atoms with Gasteiger partial charge in [0.05, 0.1) is 12.1 Å². The molecule has 0 atom stereocenters. The molecule has 0 bridgehead atoms. The van der Waals surface area contributed by atoms with Crippen molar-refractivity contribution in [3.63, 3.8) is 0 Å². The van der Waals surface area contributed by atoms with E-state index in [0.717, 1.165) is 34.3 Å². The van der Waals surface area contributed by atoms with Crippen LogP contribution in [0.25, 0.3) is 10.9 Å². The Morgan fingerprint density at radius 3 is 2.33 bits per heavy atom. The second-order valence-corrected chi connectivity index (χ2v) is 9.28. The highest BCUT2D eigenvalue weighted by atomic mass is 16.1. The second kappa shape index (κ2) is 10.7. The molecule has 0 saturated heterocycles. The van der Waals surface area contributed by atoms with E-state index in [2.05, 4.69) is 68.7 Å². The minimum absolute atomic E-state index is 0.0575. The Bertz CT molecular complexity index is 1510. The summed E-state index contributed by atoms with van der Waals surface area (Å²) in [5.41, 5.74) is 6.26. The van der Waals surface area contributed by atoms with Crippen molar-refractivity contribution in [2.75, 3.05) is 0 Å². The van der Waals surface area contributed by atoms with Crippen molar-refractivity contribution in [1.82, 2.24) is 30.1 Å². The van der Waals surface area contributed by atoms with Gasteiger partial charge in [0.15, 0.2) is 5.82 Å². The average Bonchev–Trinajstić information content (AvgIpc) is 3.34. The lowest BCUT2D eigenvalue weighted by Gasteiger charge is -2.22. The molecule has 5 aromatic rings. The van der Waals surface area contributed by atoms with E-state index in [1.54, 1.807) is 0 Å². The fourth-order valence-electron chi connectivity index (χ4n) is 4.53. The highest BCUT2D eigenvalue weighted by molar-refractivity contribution is 5.83. The maximum absolute atomic E-state index is 13.1. The number of hydrogen-bond acceptors (Lipinski definition) is 5. The van der Waals surface area contributed by atoms with E-state index < -0.39 is 0 Å². The van der Waals surface area contributed by atoms with Crippen LogP contribution in [-0.2, 0) is 32.6 Å². The molecule has 0 radical (unpaired) electrons. The molecule has 2 heterocycles. The molecule has 2 aromatic heterocycles. The van der Waals surface area contributed by atoms with Crippen LogP contribution in [0.1, 0.15) is 33.6 Å². The predicted molar refractivity (Wildman–Crippen MR) is 141 cm³/mol. The summed E-state index contributed by atoms with van der Waals surface area (Å²) in [5, 5.41) is 13.5. The van der Waals surface area contributed by atoms with Crippen LogP contribution >= 0.6 is 0 Å². The normalized spacial score (nSPS) is 11.4. The van der Waals surface area contributed by atoms with E-state index in [1.807, 2.05) is 54.1 Å². The Kier molecular flexibility index (Phi) is 7.00. The van der Waals surface area contributed by atoms with E-state index in [9.17, 15) is 4.79 Å². The average molecular weight is 479 g/mol. The highest BCUT2D eigenvalue weighted by Crippen LogP contribution is 2.20. The summed E-state index contributed by atoms with van der Waals surface area (Å²) in [6.45, 7) is 6.49. The number of tetrazole rings is 1. The number of H-pyrrole nitrogens is 1. The minimum Gasteiger partial charge on any atom is -0.321 e. The third-order valence-corrected chi connectivity index (χ3v) is 6.70. The lowest BCUT2D eigenvalue weighted by molar-refractivity contribution is 0.235. The monoisotopic (exact) mass is 478 g/mol. The number of aromatic nitrogens is 5. The van der Waals surface area contributed by atoms with Crippen molar-refractivity contribution < 1.29 is 0 Å². The smallest absolute Gasteiger partial charge is 0.252 e. The first-order chi connectivity index (χ1) is 17.6. The predicted octanol–water partition coefficient (Wildman–Crippen LogP) is 4.58. The summed E-state index contributed by atoms with van der Waals surface area (Å²) in [7, 11) is 0. The Balaban J connectivity index is 1.41. The van der Waals surface area contributed by atoms with E-state index in [1.165, 1.54) is 16.7 Å². The summed E-state index contributed by atoms with van der Waals surface area (Å²) in [4.78, 5) is 18.4. The molecule has 7 heteroatoms. The van der Waals surface area contributed by atoms with Crippen molar-refractivity contribution in [3.8, 4) is 0 Å². The molecular formula is C29H30N6O. The van der Waals surface area contributed by atoms with Gasteiger partial charge in [0, 0.05) is 25.2 Å². The van der Waals surface area contributed by atoms with Crippen molar-refractivity contribution in [1.29, 1.82) is 0 Å². The zero-order valence-electron chi connectivity index (χ0n) is 20.7. The van der Waals surface area contributed by atoms with Gasteiger partial charge in [-0.1, -0.05) is 72.8 Å². The van der Waals surface area contributed by atoms with Crippen molar-refractivity contribution >= 4 is 10.9 Å². The molecule has 182 valence electrons. The lowest BCUT2D eigenvalue weighted by Crippen LogP contribution is -2.28. The topological polar surface area (TPSA) is 79.7 Å². The molecule has 0 fully saturated rings. The second-order valence-electron chi connectivity index (χ2n) is 9.28. The number of hydrogen-bond donors (Lipinski definition) is 1. The minimum atomic E-state index is -0.0575. The number of benzene rings is 3. The molecule has 0 aliphatic rings. The van der Waals surface area contributed by atoms with E-state index in [-0.39, 0.29) is 5.56 Å². The first-order valence-electron chi connectivity index (χ1n) is 12.2. The first kappa shape index (κ1) is 23.6. The SMILES string of the molecule is Cc1ccc2cc(CN(Cc3ccccc3)Cc3nnnn3CCc3ccccc3)c(=O)[nH]c2c1C. The lowest BCUT2D eigenvalue weighted by atomic mass is 10.0. The molecular weight excluding hydrogens is 448 g/mol. The summed E-state index contributed by atoms with van der Waals surface area (Å²) >= 11 is 0.